The van der Waals surface area contributed by atoms with Crippen LogP contribution in [-0.2, 0) is 11.2 Å². The Balaban J connectivity index is 2.66. The van der Waals surface area contributed by atoms with Crippen molar-refractivity contribution in [3.8, 4) is 0 Å². The summed E-state index contributed by atoms with van der Waals surface area (Å²) in [4.78, 5) is 14.4. The van der Waals surface area contributed by atoms with Crippen LogP contribution in [0.5, 0.6) is 0 Å². The van der Waals surface area contributed by atoms with Crippen molar-refractivity contribution in [3.63, 3.8) is 0 Å². The molecule has 1 atom stereocenters. The quantitative estimate of drug-likeness (QED) is 0.366. The Hall–Kier alpha value is -1.63. The third-order valence-electron chi connectivity index (χ3n) is 7.82. The highest BCUT2D eigenvalue weighted by atomic mass is 16.1. The highest BCUT2D eigenvalue weighted by Gasteiger charge is 2.42. The van der Waals surface area contributed by atoms with Crippen LogP contribution >= 0.6 is 0 Å². The summed E-state index contributed by atoms with van der Waals surface area (Å²) in [5.74, 6) is 2.83. The van der Waals surface area contributed by atoms with E-state index in [9.17, 15) is 4.79 Å². The molecule has 0 fully saturated rings. The van der Waals surface area contributed by atoms with E-state index >= 15 is 0 Å². The maximum atomic E-state index is 14.4. The number of allylic oxidation sites excluding steroid dienone is 4. The van der Waals surface area contributed by atoms with Gasteiger partial charge in [-0.25, -0.2) is 0 Å². The van der Waals surface area contributed by atoms with Gasteiger partial charge in [0.1, 0.15) is 5.78 Å². The minimum Gasteiger partial charge on any atom is -0.298 e. The Morgan fingerprint density at radius 3 is 1.64 bits per heavy atom. The molecule has 1 aromatic rings. The second kappa shape index (κ2) is 10.7. The normalized spacial score (nSPS) is 19.3. The molecular weight excluding hydrogens is 400 g/mol. The first-order valence-electron chi connectivity index (χ1n) is 13.3. The summed E-state index contributed by atoms with van der Waals surface area (Å²) >= 11 is 0. The zero-order valence-corrected chi connectivity index (χ0v) is 23.6. The van der Waals surface area contributed by atoms with Crippen LogP contribution in [0.4, 0.5) is 0 Å². The Bertz CT molecular complexity index is 875. The molecule has 1 unspecified atom stereocenters. The van der Waals surface area contributed by atoms with Crippen LogP contribution in [0.15, 0.2) is 35.4 Å². The molecule has 1 heteroatoms. The molecule has 0 spiro atoms. The van der Waals surface area contributed by atoms with Gasteiger partial charge in [-0.1, -0.05) is 113 Å². The van der Waals surface area contributed by atoms with Crippen LogP contribution in [0.25, 0.3) is 0 Å². The minimum absolute atomic E-state index is 0.265. The number of hydrogen-bond donors (Lipinski definition) is 0. The molecule has 0 aliphatic heterocycles. The van der Waals surface area contributed by atoms with E-state index in [0.29, 0.717) is 41.8 Å². The molecule has 0 bridgehead atoms. The molecule has 2 rings (SSSR count). The lowest BCUT2D eigenvalue weighted by Gasteiger charge is -2.40. The van der Waals surface area contributed by atoms with Gasteiger partial charge in [0.05, 0.1) is 5.41 Å². The Morgan fingerprint density at radius 2 is 1.27 bits per heavy atom. The lowest BCUT2D eigenvalue weighted by Crippen LogP contribution is -2.39. The second-order valence-electron chi connectivity index (χ2n) is 12.3. The first kappa shape index (κ1) is 27.6. The smallest absolute Gasteiger partial charge is 0.147 e. The van der Waals surface area contributed by atoms with Crippen LogP contribution in [-0.4, -0.2) is 5.78 Å². The van der Waals surface area contributed by atoms with Crippen molar-refractivity contribution in [2.24, 2.45) is 23.2 Å². The van der Waals surface area contributed by atoms with Gasteiger partial charge in [0, 0.05) is 6.42 Å². The fourth-order valence-electron chi connectivity index (χ4n) is 5.20. The molecule has 1 aliphatic rings. The molecule has 33 heavy (non-hydrogen) atoms. The topological polar surface area (TPSA) is 17.1 Å². The fourth-order valence-corrected chi connectivity index (χ4v) is 5.20. The predicted octanol–water partition coefficient (Wildman–Crippen LogP) is 9.38. The van der Waals surface area contributed by atoms with Crippen LogP contribution in [0.3, 0.4) is 0 Å². The standard InChI is InChI=1S/C32H50O/c1-19(2)25-14-28(22(7)8)30(29(15-25)23(9)10)16-31(33)32(24(11)12)17-26(20(3)4)13-27(18-32)21(5)6/h13-15,17,19-24H,16,18H2,1-12H3. The molecule has 1 nitrogen and oxygen atoms in total. The van der Waals surface area contributed by atoms with E-state index in [1.54, 1.807) is 0 Å². The van der Waals surface area contributed by atoms with Crippen molar-refractivity contribution in [2.75, 3.05) is 0 Å². The molecule has 0 saturated carbocycles. The number of rotatable bonds is 9. The van der Waals surface area contributed by atoms with E-state index in [-0.39, 0.29) is 5.92 Å². The number of Topliss-reactive ketones (excluding diaryl/α,β-unsaturated/α-hetero) is 1. The van der Waals surface area contributed by atoms with Gasteiger partial charge in [-0.05, 0) is 69.8 Å². The zero-order valence-electron chi connectivity index (χ0n) is 23.6. The monoisotopic (exact) mass is 450 g/mol. The van der Waals surface area contributed by atoms with Crippen molar-refractivity contribution in [3.05, 3.63) is 57.7 Å². The van der Waals surface area contributed by atoms with Crippen molar-refractivity contribution < 1.29 is 4.79 Å². The molecule has 0 aromatic heterocycles. The van der Waals surface area contributed by atoms with E-state index in [4.69, 9.17) is 0 Å². The van der Waals surface area contributed by atoms with Crippen molar-refractivity contribution in [1.82, 2.24) is 0 Å². The van der Waals surface area contributed by atoms with E-state index < -0.39 is 5.41 Å². The average Bonchev–Trinajstić information content (AvgIpc) is 2.72. The van der Waals surface area contributed by atoms with Crippen molar-refractivity contribution >= 4 is 5.78 Å². The second-order valence-corrected chi connectivity index (χ2v) is 12.3. The summed E-state index contributed by atoms with van der Waals surface area (Å²) in [6.45, 7) is 27.1. The lowest BCUT2D eigenvalue weighted by molar-refractivity contribution is -0.127. The summed E-state index contributed by atoms with van der Waals surface area (Å²) in [5, 5.41) is 0. The summed E-state index contributed by atoms with van der Waals surface area (Å²) < 4.78 is 0. The zero-order chi connectivity index (χ0) is 25.2. The fraction of sp³-hybridized carbons (Fsp3) is 0.656. The highest BCUT2D eigenvalue weighted by molar-refractivity contribution is 5.90. The molecule has 0 amide bonds. The molecule has 0 N–H and O–H groups in total. The van der Waals surface area contributed by atoms with Gasteiger partial charge in [-0.2, -0.15) is 0 Å². The first-order valence-corrected chi connectivity index (χ1v) is 13.3. The maximum Gasteiger partial charge on any atom is 0.147 e. The number of benzene rings is 1. The number of carbonyl (C=O) groups is 1. The van der Waals surface area contributed by atoms with Crippen LogP contribution in [0, 0.1) is 23.2 Å². The molecular formula is C32H50O. The van der Waals surface area contributed by atoms with Crippen LogP contribution < -0.4 is 0 Å². The highest BCUT2D eigenvalue weighted by Crippen LogP contribution is 2.46. The lowest BCUT2D eigenvalue weighted by atomic mass is 9.63. The summed E-state index contributed by atoms with van der Waals surface area (Å²) in [6.07, 6.45) is 6.11. The van der Waals surface area contributed by atoms with E-state index in [1.165, 1.54) is 33.4 Å². The molecule has 1 aromatic carbocycles. The maximum absolute atomic E-state index is 14.4. The van der Waals surface area contributed by atoms with Gasteiger partial charge >= 0.3 is 0 Å². The largest absolute Gasteiger partial charge is 0.298 e. The van der Waals surface area contributed by atoms with E-state index in [2.05, 4.69) is 107 Å². The van der Waals surface area contributed by atoms with Gasteiger partial charge in [0.25, 0.3) is 0 Å². The number of hydrogen-bond acceptors (Lipinski definition) is 1. The molecule has 0 heterocycles. The van der Waals surface area contributed by atoms with Crippen molar-refractivity contribution in [2.45, 2.75) is 114 Å². The van der Waals surface area contributed by atoms with Crippen LogP contribution in [0.2, 0.25) is 0 Å². The number of ketones is 1. The Morgan fingerprint density at radius 1 is 0.758 bits per heavy atom. The summed E-state index contributed by atoms with van der Waals surface area (Å²) in [5.41, 5.74) is 7.73. The molecule has 1 aliphatic carbocycles. The van der Waals surface area contributed by atoms with Gasteiger partial charge < -0.3 is 0 Å². The Kier molecular flexibility index (Phi) is 8.99. The minimum atomic E-state index is -0.423. The van der Waals surface area contributed by atoms with Crippen molar-refractivity contribution in [1.29, 1.82) is 0 Å². The third kappa shape index (κ3) is 5.90. The van der Waals surface area contributed by atoms with E-state index in [1.807, 2.05) is 0 Å². The Labute approximate surface area is 205 Å². The molecule has 0 saturated heterocycles. The van der Waals surface area contributed by atoms with E-state index in [0.717, 1.165) is 6.42 Å². The first-order chi connectivity index (χ1) is 15.2. The van der Waals surface area contributed by atoms with Gasteiger partial charge in [-0.3, -0.25) is 4.79 Å². The average molecular weight is 451 g/mol. The molecule has 184 valence electrons. The van der Waals surface area contributed by atoms with Gasteiger partial charge in [0.2, 0.25) is 0 Å². The van der Waals surface area contributed by atoms with Gasteiger partial charge in [-0.15, -0.1) is 0 Å². The summed E-state index contributed by atoms with van der Waals surface area (Å²) in [6, 6.07) is 4.75. The SMILES string of the molecule is CC(C)C1=CC(C(=O)Cc2c(C(C)C)cc(C(C)C)cc2C(C)C)(C(C)C)CC(C(C)C)=C1. The third-order valence-corrected chi connectivity index (χ3v) is 7.82. The summed E-state index contributed by atoms with van der Waals surface area (Å²) in [7, 11) is 0. The molecule has 0 radical (unpaired) electrons. The van der Waals surface area contributed by atoms with Gasteiger partial charge in [0.15, 0.2) is 0 Å². The predicted molar refractivity (Wildman–Crippen MR) is 145 cm³/mol. The number of carbonyl (C=O) groups excluding carboxylic acids is 1. The van der Waals surface area contributed by atoms with Crippen LogP contribution in [0.1, 0.15) is 130 Å².